The van der Waals surface area contributed by atoms with Gasteiger partial charge in [0.15, 0.2) is 0 Å². The second-order valence-corrected chi connectivity index (χ2v) is 10.2. The van der Waals surface area contributed by atoms with Crippen molar-refractivity contribution in [2.45, 2.75) is 89.6 Å². The van der Waals surface area contributed by atoms with Gasteiger partial charge < -0.3 is 31.5 Å². The first-order valence-electron chi connectivity index (χ1n) is 12.8. The van der Waals surface area contributed by atoms with Crippen LogP contribution < -0.4 is 22.1 Å². The van der Waals surface area contributed by atoms with E-state index in [4.69, 9.17) is 16.2 Å². The van der Waals surface area contributed by atoms with E-state index < -0.39 is 35.9 Å². The van der Waals surface area contributed by atoms with E-state index in [-0.39, 0.29) is 5.91 Å². The lowest BCUT2D eigenvalue weighted by Gasteiger charge is -2.41. The molecule has 202 valence electrons. The Morgan fingerprint density at radius 3 is 2.25 bits per heavy atom. The second kappa shape index (κ2) is 14.2. The molecule has 0 aromatic heterocycles. The minimum atomic E-state index is -0.978. The van der Waals surface area contributed by atoms with Crippen LogP contribution in [0.5, 0.6) is 0 Å². The van der Waals surface area contributed by atoms with Gasteiger partial charge >= 0.3 is 12.1 Å². The zero-order valence-corrected chi connectivity index (χ0v) is 21.8. The van der Waals surface area contributed by atoms with Crippen molar-refractivity contribution in [2.75, 3.05) is 19.6 Å². The molecule has 7 N–H and O–H groups in total. The topological polar surface area (TPSA) is 160 Å². The lowest BCUT2D eigenvalue weighted by Crippen LogP contribution is -2.56. The van der Waals surface area contributed by atoms with Crippen molar-refractivity contribution in [3.8, 4) is 0 Å². The maximum absolute atomic E-state index is 13.8. The van der Waals surface area contributed by atoms with Crippen molar-refractivity contribution in [1.82, 2.24) is 15.5 Å². The van der Waals surface area contributed by atoms with Crippen LogP contribution in [0.15, 0.2) is 24.3 Å². The number of alkyl carbamates (subject to hydrolysis) is 1. The van der Waals surface area contributed by atoms with Crippen LogP contribution in [-0.4, -0.2) is 65.3 Å². The Balaban J connectivity index is 2.32. The van der Waals surface area contributed by atoms with E-state index >= 15 is 0 Å². The maximum atomic E-state index is 13.8. The Labute approximate surface area is 214 Å². The molecule has 10 nitrogen and oxygen atoms in total. The number of nitrogens with two attached hydrogens (primary N) is 2. The number of carbonyl (C=O) groups excluding carboxylic acids is 2. The average Bonchev–Trinajstić information content (AvgIpc) is 2.81. The molecule has 0 spiro atoms. The number of unbranched alkanes of at least 4 members (excludes halogenated alkanes) is 2. The fourth-order valence-electron chi connectivity index (χ4n) is 4.35. The molecule has 36 heavy (non-hydrogen) atoms. The molecule has 2 rings (SSSR count). The van der Waals surface area contributed by atoms with Crippen molar-refractivity contribution in [2.24, 2.45) is 11.5 Å². The predicted molar refractivity (Wildman–Crippen MR) is 138 cm³/mol. The highest BCUT2D eigenvalue weighted by atomic mass is 16.6. The summed E-state index contributed by atoms with van der Waals surface area (Å²) < 4.78 is 5.40. The number of nitrogens with zero attached hydrogens (tertiary/aromatic N) is 1. The Morgan fingerprint density at radius 2 is 1.67 bits per heavy atom. The lowest BCUT2D eigenvalue weighted by molar-refractivity contribution is -0.143. The van der Waals surface area contributed by atoms with E-state index in [2.05, 4.69) is 10.6 Å². The summed E-state index contributed by atoms with van der Waals surface area (Å²) >= 11 is 0. The number of hydrogen-bond donors (Lipinski definition) is 5. The number of carboxylic acids is 1. The SMILES string of the molecule is CC(C)(C)OC(=O)N[C@@H](CCCCN)C(=O)N1CCc2ccccc2C1N[C@@H](CCCCN)C(=O)O. The number of amides is 2. The third-order valence-corrected chi connectivity index (χ3v) is 6.11. The van der Waals surface area contributed by atoms with Crippen LogP contribution in [0.25, 0.3) is 0 Å². The number of benzene rings is 1. The molecule has 0 fully saturated rings. The molecule has 3 atom stereocenters. The molecule has 1 aliphatic rings. The normalized spacial score (nSPS) is 17.1. The van der Waals surface area contributed by atoms with Gasteiger partial charge in [-0.25, -0.2) is 4.79 Å². The van der Waals surface area contributed by atoms with E-state index in [0.717, 1.165) is 17.5 Å². The first kappa shape index (κ1) is 29.5. The summed E-state index contributed by atoms with van der Waals surface area (Å²) in [5.41, 5.74) is 12.4. The van der Waals surface area contributed by atoms with Gasteiger partial charge in [0.05, 0.1) is 0 Å². The van der Waals surface area contributed by atoms with Gasteiger partial charge in [0.1, 0.15) is 23.9 Å². The largest absolute Gasteiger partial charge is 0.480 e. The van der Waals surface area contributed by atoms with Crippen LogP contribution in [0.2, 0.25) is 0 Å². The van der Waals surface area contributed by atoms with Crippen LogP contribution in [0.4, 0.5) is 4.79 Å². The maximum Gasteiger partial charge on any atom is 0.408 e. The number of hydrogen-bond acceptors (Lipinski definition) is 7. The quantitative estimate of drug-likeness (QED) is 0.255. The zero-order valence-electron chi connectivity index (χ0n) is 21.8. The van der Waals surface area contributed by atoms with Gasteiger partial charge in [-0.05, 0) is 83.5 Å². The minimum absolute atomic E-state index is 0.281. The second-order valence-electron chi connectivity index (χ2n) is 10.2. The summed E-state index contributed by atoms with van der Waals surface area (Å²) in [5, 5.41) is 15.8. The Kier molecular flexibility index (Phi) is 11.6. The summed E-state index contributed by atoms with van der Waals surface area (Å²) in [6.45, 7) is 6.65. The van der Waals surface area contributed by atoms with E-state index in [9.17, 15) is 19.5 Å². The molecule has 0 bridgehead atoms. The monoisotopic (exact) mass is 505 g/mol. The van der Waals surface area contributed by atoms with Crippen molar-refractivity contribution < 1.29 is 24.2 Å². The molecule has 1 aromatic carbocycles. The average molecular weight is 506 g/mol. The molecular weight excluding hydrogens is 462 g/mol. The van der Waals surface area contributed by atoms with Gasteiger partial charge in [0, 0.05) is 6.54 Å². The van der Waals surface area contributed by atoms with Gasteiger partial charge in [-0.2, -0.15) is 0 Å². The molecule has 0 saturated heterocycles. The first-order valence-corrected chi connectivity index (χ1v) is 12.8. The summed E-state index contributed by atoms with van der Waals surface area (Å²) in [5.74, 6) is -1.26. The van der Waals surface area contributed by atoms with Crippen LogP contribution in [0.1, 0.15) is 76.6 Å². The molecule has 0 aliphatic carbocycles. The highest BCUT2D eigenvalue weighted by Crippen LogP contribution is 2.30. The fraction of sp³-hybridized carbons (Fsp3) is 0.654. The standard InChI is InChI=1S/C26H43N5O5/c1-26(2,3)36-25(35)30-20(12-6-8-15-27)23(32)31-17-14-18-10-4-5-11-19(18)22(31)29-21(24(33)34)13-7-9-16-28/h4-5,10-11,20-22,29H,6-9,12-17,27-28H2,1-3H3,(H,30,35)(H,33,34)/t20-,21-,22?/m0/s1. The van der Waals surface area contributed by atoms with Crippen LogP contribution in [0, 0.1) is 0 Å². The van der Waals surface area contributed by atoms with Crippen molar-refractivity contribution in [1.29, 1.82) is 0 Å². The van der Waals surface area contributed by atoms with Gasteiger partial charge in [-0.15, -0.1) is 0 Å². The number of ether oxygens (including phenoxy) is 1. The van der Waals surface area contributed by atoms with Gasteiger partial charge in [-0.3, -0.25) is 14.9 Å². The summed E-state index contributed by atoms with van der Waals surface area (Å²) in [4.78, 5) is 40.1. The third kappa shape index (κ3) is 9.07. The molecule has 2 amide bonds. The number of carboxylic acid groups (broad SMARTS) is 1. The summed E-state index contributed by atoms with van der Waals surface area (Å²) in [6, 6.07) is 6.05. The van der Waals surface area contributed by atoms with Crippen molar-refractivity contribution >= 4 is 18.0 Å². The van der Waals surface area contributed by atoms with E-state index in [1.807, 2.05) is 24.3 Å². The van der Waals surface area contributed by atoms with Gasteiger partial charge in [0.25, 0.3) is 0 Å². The highest BCUT2D eigenvalue weighted by molar-refractivity contribution is 5.86. The molecular formula is C26H43N5O5. The van der Waals surface area contributed by atoms with E-state index in [0.29, 0.717) is 58.2 Å². The van der Waals surface area contributed by atoms with E-state index in [1.54, 1.807) is 25.7 Å². The summed E-state index contributed by atoms with van der Waals surface area (Å²) in [6.07, 6.45) is 2.87. The third-order valence-electron chi connectivity index (χ3n) is 6.11. The lowest BCUT2D eigenvalue weighted by atomic mass is 9.94. The van der Waals surface area contributed by atoms with E-state index in [1.165, 1.54) is 0 Å². The van der Waals surface area contributed by atoms with Crippen LogP contribution >= 0.6 is 0 Å². The molecule has 10 heteroatoms. The smallest absolute Gasteiger partial charge is 0.408 e. The number of nitrogens with one attached hydrogen (secondary N) is 2. The Morgan fingerprint density at radius 1 is 1.06 bits per heavy atom. The zero-order chi connectivity index (χ0) is 26.7. The Bertz CT molecular complexity index is 873. The molecule has 0 radical (unpaired) electrons. The number of rotatable bonds is 13. The molecule has 1 aliphatic heterocycles. The van der Waals surface area contributed by atoms with Crippen LogP contribution in [-0.2, 0) is 20.7 Å². The predicted octanol–water partition coefficient (Wildman–Crippen LogP) is 2.26. The number of aliphatic carboxylic acids is 1. The fourth-order valence-corrected chi connectivity index (χ4v) is 4.35. The first-order chi connectivity index (χ1) is 17.1. The summed E-state index contributed by atoms with van der Waals surface area (Å²) in [7, 11) is 0. The number of carbonyl (C=O) groups is 3. The molecule has 1 heterocycles. The van der Waals surface area contributed by atoms with Gasteiger partial charge in [-0.1, -0.05) is 30.7 Å². The van der Waals surface area contributed by atoms with Crippen molar-refractivity contribution in [3.63, 3.8) is 0 Å². The number of fused-ring (bicyclic) bond motifs is 1. The van der Waals surface area contributed by atoms with Gasteiger partial charge in [0.2, 0.25) is 5.91 Å². The molecule has 1 unspecified atom stereocenters. The minimum Gasteiger partial charge on any atom is -0.480 e. The Hall–Kier alpha value is -2.69. The van der Waals surface area contributed by atoms with Crippen LogP contribution in [0.3, 0.4) is 0 Å². The molecule has 0 saturated carbocycles. The molecule has 1 aromatic rings. The van der Waals surface area contributed by atoms with Crippen molar-refractivity contribution in [3.05, 3.63) is 35.4 Å². The highest BCUT2D eigenvalue weighted by Gasteiger charge is 2.37.